The minimum atomic E-state index is -0.781. The third-order valence-electron chi connectivity index (χ3n) is 3.81. The molecule has 1 fully saturated rings. The summed E-state index contributed by atoms with van der Waals surface area (Å²) in [6.45, 7) is 0.0565. The van der Waals surface area contributed by atoms with Gasteiger partial charge in [0, 0.05) is 3.57 Å². The van der Waals surface area contributed by atoms with Crippen LogP contribution in [0.15, 0.2) is 35.3 Å². The molecule has 0 bridgehead atoms. The summed E-state index contributed by atoms with van der Waals surface area (Å²) in [4.78, 5) is 27.2. The molecule has 0 aliphatic carbocycles. The number of halogens is 2. The molecule has 7 nitrogen and oxygen atoms in total. The Kier molecular flexibility index (Phi) is 5.33. The van der Waals surface area contributed by atoms with Gasteiger partial charge in [-0.2, -0.15) is 4.98 Å². The van der Waals surface area contributed by atoms with E-state index in [0.717, 1.165) is 14.3 Å². The molecule has 1 aliphatic rings. The highest BCUT2D eigenvalue weighted by atomic mass is 127. The van der Waals surface area contributed by atoms with E-state index in [1.54, 1.807) is 12.1 Å². The Morgan fingerprint density at radius 3 is 2.84 bits per heavy atom. The number of hydrogen-bond donors (Lipinski definition) is 1. The van der Waals surface area contributed by atoms with Crippen molar-refractivity contribution >= 4 is 34.4 Å². The molecule has 1 aromatic carbocycles. The summed E-state index contributed by atoms with van der Waals surface area (Å²) in [5.41, 5.74) is 5.04. The average Bonchev–Trinajstić information content (AvgIpc) is 3.05. The van der Waals surface area contributed by atoms with Gasteiger partial charge >= 0.3 is 11.7 Å². The highest BCUT2D eigenvalue weighted by molar-refractivity contribution is 14.1. The molecule has 2 heterocycles. The molecule has 1 aromatic heterocycles. The molecule has 3 rings (SSSR count). The minimum Gasteiger partial charge on any atom is -0.459 e. The molecule has 25 heavy (non-hydrogen) atoms. The number of esters is 1. The van der Waals surface area contributed by atoms with Crippen molar-refractivity contribution in [2.45, 2.75) is 25.2 Å². The number of ether oxygens (including phenoxy) is 2. The average molecular weight is 459 g/mol. The largest absolute Gasteiger partial charge is 0.459 e. The molecule has 2 aromatic rings. The molecule has 0 spiro atoms. The Balaban J connectivity index is 1.58. The summed E-state index contributed by atoms with van der Waals surface area (Å²) in [7, 11) is 0. The molecule has 2 atom stereocenters. The fourth-order valence-electron chi connectivity index (χ4n) is 2.52. The summed E-state index contributed by atoms with van der Waals surface area (Å²) >= 11 is 2.15. The SMILES string of the molecule is Nc1nc(=O)n([C@H]2CC[C@@H](COC(=O)c3ccc(I)cc3)O2)cc1F. The van der Waals surface area contributed by atoms with Crippen LogP contribution >= 0.6 is 22.6 Å². The number of benzene rings is 1. The second-order valence-electron chi connectivity index (χ2n) is 5.56. The Hall–Kier alpha value is -2.01. The number of nitrogens with two attached hydrogens (primary N) is 1. The summed E-state index contributed by atoms with van der Waals surface area (Å²) in [5, 5.41) is 0. The van der Waals surface area contributed by atoms with Crippen LogP contribution < -0.4 is 11.4 Å². The van der Waals surface area contributed by atoms with Gasteiger partial charge in [-0.25, -0.2) is 14.0 Å². The van der Waals surface area contributed by atoms with Gasteiger partial charge in [0.2, 0.25) is 0 Å². The third-order valence-corrected chi connectivity index (χ3v) is 4.53. The van der Waals surface area contributed by atoms with E-state index in [9.17, 15) is 14.0 Å². The third kappa shape index (κ3) is 4.15. The maximum Gasteiger partial charge on any atom is 0.351 e. The summed E-state index contributed by atoms with van der Waals surface area (Å²) in [5.74, 6) is -1.67. The maximum absolute atomic E-state index is 13.5. The molecule has 0 saturated carbocycles. The minimum absolute atomic E-state index is 0.0565. The van der Waals surface area contributed by atoms with Crippen LogP contribution in [0.2, 0.25) is 0 Å². The fourth-order valence-corrected chi connectivity index (χ4v) is 2.88. The second kappa shape index (κ2) is 7.48. The lowest BCUT2D eigenvalue weighted by molar-refractivity contribution is -0.0342. The zero-order chi connectivity index (χ0) is 18.0. The molecule has 0 amide bonds. The Morgan fingerprint density at radius 2 is 2.12 bits per heavy atom. The lowest BCUT2D eigenvalue weighted by Gasteiger charge is -2.16. The number of nitrogens with zero attached hydrogens (tertiary/aromatic N) is 2. The van der Waals surface area contributed by atoms with Gasteiger partial charge in [0.1, 0.15) is 12.8 Å². The Morgan fingerprint density at radius 1 is 1.40 bits per heavy atom. The van der Waals surface area contributed by atoms with Crippen LogP contribution in [-0.4, -0.2) is 28.2 Å². The van der Waals surface area contributed by atoms with Crippen molar-refractivity contribution in [2.75, 3.05) is 12.3 Å². The van der Waals surface area contributed by atoms with Gasteiger partial charge in [0.05, 0.1) is 17.9 Å². The quantitative estimate of drug-likeness (QED) is 0.556. The van der Waals surface area contributed by atoms with E-state index in [2.05, 4.69) is 27.6 Å². The molecule has 0 unspecified atom stereocenters. The molecule has 1 saturated heterocycles. The zero-order valence-electron chi connectivity index (χ0n) is 13.0. The van der Waals surface area contributed by atoms with Gasteiger partial charge < -0.3 is 15.2 Å². The highest BCUT2D eigenvalue weighted by Crippen LogP contribution is 2.27. The van der Waals surface area contributed by atoms with Crippen molar-refractivity contribution in [3.63, 3.8) is 0 Å². The molecule has 9 heteroatoms. The van der Waals surface area contributed by atoms with E-state index in [4.69, 9.17) is 15.2 Å². The lowest BCUT2D eigenvalue weighted by Crippen LogP contribution is -2.29. The van der Waals surface area contributed by atoms with Crippen LogP contribution in [0, 0.1) is 9.39 Å². The normalized spacial score (nSPS) is 19.8. The van der Waals surface area contributed by atoms with Gasteiger partial charge in [-0.05, 0) is 59.7 Å². The van der Waals surface area contributed by atoms with Crippen LogP contribution in [0.3, 0.4) is 0 Å². The molecular weight excluding hydrogens is 444 g/mol. The Labute approximate surface area is 156 Å². The van der Waals surface area contributed by atoms with E-state index < -0.39 is 29.5 Å². The van der Waals surface area contributed by atoms with Gasteiger partial charge in [0.25, 0.3) is 0 Å². The van der Waals surface area contributed by atoms with Gasteiger partial charge in [-0.3, -0.25) is 4.57 Å². The van der Waals surface area contributed by atoms with Crippen molar-refractivity contribution < 1.29 is 18.7 Å². The lowest BCUT2D eigenvalue weighted by atomic mass is 10.2. The number of nitrogen functional groups attached to an aromatic ring is 1. The number of rotatable bonds is 4. The smallest absolute Gasteiger partial charge is 0.351 e. The first kappa shape index (κ1) is 17.8. The van der Waals surface area contributed by atoms with Crippen molar-refractivity contribution in [3.8, 4) is 0 Å². The van der Waals surface area contributed by atoms with Gasteiger partial charge in [-0.1, -0.05) is 0 Å². The van der Waals surface area contributed by atoms with E-state index in [1.165, 1.54) is 0 Å². The van der Waals surface area contributed by atoms with Crippen LogP contribution in [0.1, 0.15) is 29.4 Å². The highest BCUT2D eigenvalue weighted by Gasteiger charge is 2.29. The number of aromatic nitrogens is 2. The fraction of sp³-hybridized carbons (Fsp3) is 0.312. The van der Waals surface area contributed by atoms with Crippen molar-refractivity contribution in [3.05, 3.63) is 55.9 Å². The van der Waals surface area contributed by atoms with Crippen molar-refractivity contribution in [1.29, 1.82) is 0 Å². The first-order chi connectivity index (χ1) is 11.9. The second-order valence-corrected chi connectivity index (χ2v) is 6.81. The van der Waals surface area contributed by atoms with Crippen molar-refractivity contribution in [2.24, 2.45) is 0 Å². The van der Waals surface area contributed by atoms with E-state index >= 15 is 0 Å². The standard InChI is InChI=1S/C16H15FIN3O4/c17-12-7-21(16(23)20-14(12)19)13-6-5-11(25-13)8-24-15(22)9-1-3-10(18)4-2-9/h1-4,7,11,13H,5-6,8H2,(H2,19,20,23)/t11-,13+/m0/s1. The van der Waals surface area contributed by atoms with Crippen molar-refractivity contribution in [1.82, 2.24) is 9.55 Å². The number of anilines is 1. The zero-order valence-corrected chi connectivity index (χ0v) is 15.2. The van der Waals surface area contributed by atoms with Gasteiger partial charge in [-0.15, -0.1) is 0 Å². The first-order valence-corrected chi connectivity index (χ1v) is 8.64. The van der Waals surface area contributed by atoms with E-state index in [1.807, 2.05) is 12.1 Å². The van der Waals surface area contributed by atoms with Gasteiger partial charge in [0.15, 0.2) is 11.6 Å². The molecule has 2 N–H and O–H groups in total. The van der Waals surface area contributed by atoms with Crippen LogP contribution in [0.4, 0.5) is 10.2 Å². The van der Waals surface area contributed by atoms with Crippen LogP contribution in [0.25, 0.3) is 0 Å². The Bertz CT molecular complexity index is 840. The summed E-state index contributed by atoms with van der Waals surface area (Å²) < 4.78 is 26.5. The van der Waals surface area contributed by atoms with Crippen LogP contribution in [-0.2, 0) is 9.47 Å². The van der Waals surface area contributed by atoms with E-state index in [0.29, 0.717) is 18.4 Å². The molecule has 132 valence electrons. The molecule has 0 radical (unpaired) electrons. The summed E-state index contributed by atoms with van der Waals surface area (Å²) in [6, 6.07) is 7.00. The molecule has 1 aliphatic heterocycles. The predicted octanol–water partition coefficient (Wildman–Crippen LogP) is 2.10. The summed E-state index contributed by atoms with van der Waals surface area (Å²) in [6.07, 6.45) is 1.01. The maximum atomic E-state index is 13.5. The number of carbonyl (C=O) groups excluding carboxylic acids is 1. The van der Waals surface area contributed by atoms with E-state index in [-0.39, 0.29) is 12.7 Å². The first-order valence-electron chi connectivity index (χ1n) is 7.56. The topological polar surface area (TPSA) is 96.4 Å². The molecular formula is C16H15FIN3O4. The van der Waals surface area contributed by atoms with Crippen LogP contribution in [0.5, 0.6) is 0 Å². The monoisotopic (exact) mass is 459 g/mol. The predicted molar refractivity (Wildman–Crippen MR) is 95.5 cm³/mol. The number of hydrogen-bond acceptors (Lipinski definition) is 6. The number of carbonyl (C=O) groups is 1.